The van der Waals surface area contributed by atoms with Crippen LogP contribution >= 0.6 is 0 Å². The van der Waals surface area contributed by atoms with Crippen molar-refractivity contribution in [2.24, 2.45) is 5.73 Å². The fourth-order valence-corrected chi connectivity index (χ4v) is 1.46. The Hall–Kier alpha value is -0.950. The summed E-state index contributed by atoms with van der Waals surface area (Å²) in [6.45, 7) is 0. The van der Waals surface area contributed by atoms with Crippen molar-refractivity contribution in [2.75, 3.05) is 11.8 Å². The van der Waals surface area contributed by atoms with Crippen LogP contribution in [0.15, 0.2) is 24.3 Å². The second kappa shape index (κ2) is 5.82. The maximum Gasteiger partial charge on any atom is 0.259 e. The highest BCUT2D eigenvalue weighted by molar-refractivity contribution is 7.80. The van der Waals surface area contributed by atoms with Crippen LogP contribution in [0.3, 0.4) is 0 Å². The van der Waals surface area contributed by atoms with Crippen LogP contribution in [0.2, 0.25) is 0 Å². The van der Waals surface area contributed by atoms with E-state index in [2.05, 4.69) is 4.72 Å². The molecule has 0 bridgehead atoms. The van der Waals surface area contributed by atoms with Gasteiger partial charge in [-0.15, -0.1) is 0 Å². The van der Waals surface area contributed by atoms with Gasteiger partial charge in [-0.25, -0.2) is 4.21 Å². The molecule has 1 aromatic carbocycles. The summed E-state index contributed by atoms with van der Waals surface area (Å²) in [4.78, 5) is 0. The summed E-state index contributed by atoms with van der Waals surface area (Å²) in [7, 11) is 1.55. The van der Waals surface area contributed by atoms with Crippen molar-refractivity contribution >= 4 is 17.0 Å². The molecule has 0 radical (unpaired) electrons. The van der Waals surface area contributed by atoms with Crippen LogP contribution in [-0.4, -0.2) is 22.1 Å². The maximum atomic E-state index is 10.4. The van der Waals surface area contributed by atoms with Gasteiger partial charge in [-0.2, -0.15) is 0 Å². The molecule has 0 aliphatic carbocycles. The lowest BCUT2D eigenvalue weighted by Gasteiger charge is -2.09. The number of rotatable bonds is 5. The number of nitrogens with two attached hydrogens (primary N) is 1. The van der Waals surface area contributed by atoms with Gasteiger partial charge in [-0.1, -0.05) is 12.1 Å². The molecule has 4 N–H and O–H groups in total. The van der Waals surface area contributed by atoms with E-state index in [1.807, 2.05) is 12.1 Å². The second-order valence-electron chi connectivity index (χ2n) is 3.03. The summed E-state index contributed by atoms with van der Waals surface area (Å²) in [6.07, 6.45) is 0.287. The zero-order chi connectivity index (χ0) is 11.3. The van der Waals surface area contributed by atoms with E-state index in [1.165, 1.54) is 0 Å². The molecular formula is C9H14N2O3S. The molecule has 2 atom stereocenters. The van der Waals surface area contributed by atoms with E-state index in [4.69, 9.17) is 15.0 Å². The smallest absolute Gasteiger partial charge is 0.259 e. The molecule has 84 valence electrons. The predicted molar refractivity (Wildman–Crippen MR) is 59.5 cm³/mol. The second-order valence-corrected chi connectivity index (χ2v) is 3.73. The van der Waals surface area contributed by atoms with Crippen molar-refractivity contribution in [1.29, 1.82) is 0 Å². The van der Waals surface area contributed by atoms with Gasteiger partial charge in [0.05, 0.1) is 0 Å². The maximum absolute atomic E-state index is 10.4. The van der Waals surface area contributed by atoms with E-state index >= 15 is 0 Å². The molecule has 0 aromatic heterocycles. The lowest BCUT2D eigenvalue weighted by molar-refractivity contribution is 0.109. The third-order valence-corrected chi connectivity index (χ3v) is 2.31. The number of methoxy groups -OCH3 is 1. The molecule has 1 rings (SSSR count). The van der Waals surface area contributed by atoms with Crippen LogP contribution in [-0.2, 0) is 22.4 Å². The number of benzene rings is 1. The largest absolute Gasteiger partial charge is 0.366 e. The van der Waals surface area contributed by atoms with Gasteiger partial charge >= 0.3 is 0 Å². The van der Waals surface area contributed by atoms with E-state index in [0.717, 1.165) is 5.56 Å². The van der Waals surface area contributed by atoms with E-state index in [-0.39, 0.29) is 6.23 Å². The molecule has 0 spiro atoms. The van der Waals surface area contributed by atoms with Crippen molar-refractivity contribution in [1.82, 2.24) is 0 Å². The van der Waals surface area contributed by atoms with Crippen LogP contribution < -0.4 is 10.5 Å². The highest BCUT2D eigenvalue weighted by atomic mass is 32.2. The molecule has 0 aliphatic rings. The summed E-state index contributed by atoms with van der Waals surface area (Å²) in [5, 5.41) is 0. The Balaban J connectivity index is 2.60. The highest BCUT2D eigenvalue weighted by Crippen LogP contribution is 2.11. The third kappa shape index (κ3) is 4.39. The van der Waals surface area contributed by atoms with Crippen LogP contribution in [0.5, 0.6) is 0 Å². The van der Waals surface area contributed by atoms with Crippen molar-refractivity contribution in [2.45, 2.75) is 12.6 Å². The Kier molecular flexibility index (Phi) is 4.70. The molecule has 5 nitrogen and oxygen atoms in total. The van der Waals surface area contributed by atoms with Gasteiger partial charge in [0.2, 0.25) is 0 Å². The number of nitrogens with one attached hydrogen (secondary N) is 1. The number of hydrogen-bond acceptors (Lipinski definition) is 3. The average molecular weight is 230 g/mol. The molecule has 1 aromatic rings. The average Bonchev–Trinajstić information content (AvgIpc) is 2.20. The molecule has 0 amide bonds. The van der Waals surface area contributed by atoms with Gasteiger partial charge in [0.25, 0.3) is 11.3 Å². The zero-order valence-electron chi connectivity index (χ0n) is 8.34. The summed E-state index contributed by atoms with van der Waals surface area (Å²) in [5.41, 5.74) is 7.20. The number of ether oxygens (including phenoxy) is 1. The lowest BCUT2D eigenvalue weighted by atomic mass is 10.1. The molecule has 0 fully saturated rings. The molecular weight excluding hydrogens is 216 g/mol. The molecule has 6 heteroatoms. The van der Waals surface area contributed by atoms with E-state index in [1.54, 1.807) is 19.2 Å². The Labute approximate surface area is 91.0 Å². The summed E-state index contributed by atoms with van der Waals surface area (Å²) in [6, 6.07) is 7.08. The van der Waals surface area contributed by atoms with Crippen molar-refractivity contribution in [3.05, 3.63) is 29.8 Å². The normalized spacial score (nSPS) is 14.6. The third-order valence-electron chi connectivity index (χ3n) is 1.90. The first-order chi connectivity index (χ1) is 7.11. The van der Waals surface area contributed by atoms with Gasteiger partial charge in [-0.05, 0) is 17.7 Å². The van der Waals surface area contributed by atoms with Gasteiger partial charge in [0.1, 0.15) is 6.23 Å². The molecule has 15 heavy (non-hydrogen) atoms. The van der Waals surface area contributed by atoms with E-state index < -0.39 is 11.3 Å². The minimum atomic E-state index is -2.03. The minimum Gasteiger partial charge on any atom is -0.366 e. The Morgan fingerprint density at radius 1 is 1.53 bits per heavy atom. The molecule has 0 saturated carbocycles. The highest BCUT2D eigenvalue weighted by Gasteiger charge is 2.02. The Bertz CT molecular complexity index is 329. The van der Waals surface area contributed by atoms with Gasteiger partial charge < -0.3 is 10.5 Å². The quantitative estimate of drug-likeness (QED) is 0.513. The lowest BCUT2D eigenvalue weighted by Crippen LogP contribution is -2.24. The molecule has 0 saturated heterocycles. The van der Waals surface area contributed by atoms with Crippen LogP contribution in [0.1, 0.15) is 5.56 Å². The Morgan fingerprint density at radius 3 is 2.60 bits per heavy atom. The number of anilines is 1. The zero-order valence-corrected chi connectivity index (χ0v) is 9.16. The van der Waals surface area contributed by atoms with Gasteiger partial charge in [0, 0.05) is 19.2 Å². The van der Waals surface area contributed by atoms with Crippen molar-refractivity contribution in [3.63, 3.8) is 0 Å². The standard InChI is InChI=1S/C9H14N2O3S/c1-14-9(10)6-7-2-4-8(5-3-7)11-15(12)13/h2-5,9,11H,6,10H2,1H3,(H,12,13). The van der Waals surface area contributed by atoms with Crippen LogP contribution in [0, 0.1) is 0 Å². The van der Waals surface area contributed by atoms with Crippen LogP contribution in [0.4, 0.5) is 5.69 Å². The molecule has 0 aliphatic heterocycles. The van der Waals surface area contributed by atoms with E-state index in [9.17, 15) is 4.21 Å². The van der Waals surface area contributed by atoms with Gasteiger partial charge in [0.15, 0.2) is 0 Å². The van der Waals surface area contributed by atoms with E-state index in [0.29, 0.717) is 12.1 Å². The summed E-state index contributed by atoms with van der Waals surface area (Å²) in [5.74, 6) is 0. The Morgan fingerprint density at radius 2 is 2.13 bits per heavy atom. The first-order valence-corrected chi connectivity index (χ1v) is 5.47. The fourth-order valence-electron chi connectivity index (χ4n) is 1.13. The molecule has 2 unspecified atom stereocenters. The van der Waals surface area contributed by atoms with Crippen molar-refractivity contribution < 1.29 is 13.5 Å². The molecule has 0 heterocycles. The monoisotopic (exact) mass is 230 g/mol. The fraction of sp³-hybridized carbons (Fsp3) is 0.333. The van der Waals surface area contributed by atoms with Gasteiger partial charge in [-0.3, -0.25) is 9.27 Å². The summed E-state index contributed by atoms with van der Waals surface area (Å²) < 4.78 is 26.3. The van der Waals surface area contributed by atoms with Crippen LogP contribution in [0.25, 0.3) is 0 Å². The minimum absolute atomic E-state index is 0.323. The number of hydrogen-bond donors (Lipinski definition) is 3. The SMILES string of the molecule is COC(N)Cc1ccc(NS(=O)O)cc1. The predicted octanol–water partition coefficient (Wildman–Crippen LogP) is 0.709. The first-order valence-electron chi connectivity index (χ1n) is 4.36. The first kappa shape index (κ1) is 12.1. The summed E-state index contributed by atoms with van der Waals surface area (Å²) >= 11 is -2.03. The van der Waals surface area contributed by atoms with Crippen molar-refractivity contribution in [3.8, 4) is 0 Å². The topological polar surface area (TPSA) is 84.6 Å².